The monoisotopic (exact) mass is 278 g/mol. The molecule has 0 radical (unpaired) electrons. The van der Waals surface area contributed by atoms with Gasteiger partial charge in [-0.1, -0.05) is 27.2 Å². The van der Waals surface area contributed by atoms with Gasteiger partial charge in [0, 0.05) is 6.54 Å². The van der Waals surface area contributed by atoms with Crippen LogP contribution in [0.25, 0.3) is 0 Å². The molecule has 0 spiro atoms. The van der Waals surface area contributed by atoms with Crippen LogP contribution in [-0.4, -0.2) is 29.6 Å². The molecule has 3 aliphatic rings. The number of amides is 1. The second-order valence-electron chi connectivity index (χ2n) is 7.53. The van der Waals surface area contributed by atoms with Crippen LogP contribution in [0.3, 0.4) is 0 Å². The summed E-state index contributed by atoms with van der Waals surface area (Å²) in [6.45, 7) is 7.65. The average molecular weight is 278 g/mol. The van der Waals surface area contributed by atoms with Crippen LogP contribution in [0.15, 0.2) is 0 Å². The Morgan fingerprint density at radius 2 is 1.80 bits per heavy atom. The van der Waals surface area contributed by atoms with Crippen molar-refractivity contribution in [1.29, 1.82) is 0 Å². The molecule has 2 saturated carbocycles. The molecular formula is C17H30N2O. The van der Waals surface area contributed by atoms with Gasteiger partial charge in [-0.05, 0) is 55.8 Å². The molecule has 0 bridgehead atoms. The van der Waals surface area contributed by atoms with Gasteiger partial charge in [-0.2, -0.15) is 0 Å². The Morgan fingerprint density at radius 3 is 2.25 bits per heavy atom. The molecule has 3 rings (SSSR count). The van der Waals surface area contributed by atoms with Crippen molar-refractivity contribution in [3.63, 3.8) is 0 Å². The molecule has 1 aliphatic heterocycles. The number of hydrogen-bond donors (Lipinski definition) is 1. The Kier molecular flexibility index (Phi) is 4.07. The summed E-state index contributed by atoms with van der Waals surface area (Å²) in [5.41, 5.74) is 0. The molecule has 3 heteroatoms. The maximum Gasteiger partial charge on any atom is 0.241 e. The lowest BCUT2D eigenvalue weighted by atomic mass is 9.96. The van der Waals surface area contributed by atoms with Crippen LogP contribution < -0.4 is 5.32 Å². The standard InChI is InChI=1S/C17H30N2O/c1-4-5-15-17(20)19(16(18-15)11(2)3)10-14(12-6-7-12)13-8-9-13/h11-16,18H,4-10H2,1-3H3. The van der Waals surface area contributed by atoms with Gasteiger partial charge in [0.2, 0.25) is 5.91 Å². The third-order valence-electron chi connectivity index (χ3n) is 5.36. The fraction of sp³-hybridized carbons (Fsp3) is 0.941. The van der Waals surface area contributed by atoms with Crippen LogP contribution in [0.4, 0.5) is 0 Å². The van der Waals surface area contributed by atoms with Crippen molar-refractivity contribution in [1.82, 2.24) is 10.2 Å². The van der Waals surface area contributed by atoms with Gasteiger partial charge >= 0.3 is 0 Å². The molecule has 0 aromatic heterocycles. The van der Waals surface area contributed by atoms with E-state index in [9.17, 15) is 4.79 Å². The Morgan fingerprint density at radius 1 is 1.20 bits per heavy atom. The zero-order chi connectivity index (χ0) is 14.3. The van der Waals surface area contributed by atoms with E-state index in [1.165, 1.54) is 25.7 Å². The molecule has 1 amide bonds. The van der Waals surface area contributed by atoms with E-state index < -0.39 is 0 Å². The van der Waals surface area contributed by atoms with Crippen LogP contribution in [0.1, 0.15) is 59.3 Å². The summed E-state index contributed by atoms with van der Waals surface area (Å²) in [6.07, 6.45) is 7.94. The van der Waals surface area contributed by atoms with Gasteiger partial charge in [-0.25, -0.2) is 0 Å². The third kappa shape index (κ3) is 2.88. The average Bonchev–Trinajstić information content (AvgIpc) is 3.29. The largest absolute Gasteiger partial charge is 0.325 e. The summed E-state index contributed by atoms with van der Waals surface area (Å²) in [4.78, 5) is 14.9. The van der Waals surface area contributed by atoms with Gasteiger partial charge in [0.25, 0.3) is 0 Å². The van der Waals surface area contributed by atoms with E-state index in [-0.39, 0.29) is 12.2 Å². The second-order valence-corrected chi connectivity index (χ2v) is 7.53. The van der Waals surface area contributed by atoms with Crippen LogP contribution in [0, 0.1) is 23.7 Å². The van der Waals surface area contributed by atoms with E-state index in [4.69, 9.17) is 0 Å². The summed E-state index contributed by atoms with van der Waals surface area (Å²) in [5.74, 6) is 3.51. The van der Waals surface area contributed by atoms with Gasteiger partial charge in [-0.3, -0.25) is 10.1 Å². The van der Waals surface area contributed by atoms with Crippen molar-refractivity contribution in [2.75, 3.05) is 6.54 Å². The predicted molar refractivity (Wildman–Crippen MR) is 81.1 cm³/mol. The van der Waals surface area contributed by atoms with E-state index in [1.54, 1.807) is 0 Å². The fourth-order valence-corrected chi connectivity index (χ4v) is 3.91. The molecule has 1 heterocycles. The van der Waals surface area contributed by atoms with E-state index in [0.29, 0.717) is 11.8 Å². The number of hydrogen-bond acceptors (Lipinski definition) is 2. The van der Waals surface area contributed by atoms with E-state index in [1.807, 2.05) is 0 Å². The second kappa shape index (κ2) is 5.67. The molecule has 3 fully saturated rings. The molecule has 3 nitrogen and oxygen atoms in total. The third-order valence-corrected chi connectivity index (χ3v) is 5.36. The maximum absolute atomic E-state index is 12.7. The summed E-state index contributed by atoms with van der Waals surface area (Å²) >= 11 is 0. The zero-order valence-corrected chi connectivity index (χ0v) is 13.3. The van der Waals surface area contributed by atoms with Gasteiger partial charge < -0.3 is 4.90 Å². The van der Waals surface area contributed by atoms with Crippen molar-refractivity contribution in [2.24, 2.45) is 23.7 Å². The highest BCUT2D eigenvalue weighted by atomic mass is 16.2. The normalized spacial score (nSPS) is 30.9. The molecule has 2 unspecified atom stereocenters. The zero-order valence-electron chi connectivity index (χ0n) is 13.3. The molecular weight excluding hydrogens is 248 g/mol. The van der Waals surface area contributed by atoms with E-state index >= 15 is 0 Å². The maximum atomic E-state index is 12.7. The molecule has 0 aromatic carbocycles. The topological polar surface area (TPSA) is 32.3 Å². The number of carbonyl (C=O) groups excluding carboxylic acids is 1. The van der Waals surface area contributed by atoms with Crippen molar-refractivity contribution in [2.45, 2.75) is 71.5 Å². The van der Waals surface area contributed by atoms with Crippen LogP contribution >= 0.6 is 0 Å². The first kappa shape index (κ1) is 14.4. The first-order valence-corrected chi connectivity index (χ1v) is 8.68. The van der Waals surface area contributed by atoms with Crippen LogP contribution in [0.5, 0.6) is 0 Å². The first-order chi connectivity index (χ1) is 9.61. The molecule has 20 heavy (non-hydrogen) atoms. The first-order valence-electron chi connectivity index (χ1n) is 8.68. The summed E-state index contributed by atoms with van der Waals surface area (Å²) in [7, 11) is 0. The summed E-state index contributed by atoms with van der Waals surface area (Å²) < 4.78 is 0. The lowest BCUT2D eigenvalue weighted by molar-refractivity contribution is -0.131. The van der Waals surface area contributed by atoms with Gasteiger partial charge in [0.15, 0.2) is 0 Å². The minimum atomic E-state index is 0.0754. The quantitative estimate of drug-likeness (QED) is 0.776. The van der Waals surface area contributed by atoms with Crippen LogP contribution in [0.2, 0.25) is 0 Å². The number of nitrogens with zero attached hydrogens (tertiary/aromatic N) is 1. The lowest BCUT2D eigenvalue weighted by Crippen LogP contribution is -2.44. The van der Waals surface area contributed by atoms with Crippen LogP contribution in [-0.2, 0) is 4.79 Å². The Bertz CT molecular complexity index is 348. The lowest BCUT2D eigenvalue weighted by Gasteiger charge is -2.31. The molecule has 0 aromatic rings. The fourth-order valence-electron chi connectivity index (χ4n) is 3.91. The van der Waals surface area contributed by atoms with E-state index in [0.717, 1.165) is 37.1 Å². The highest BCUT2D eigenvalue weighted by molar-refractivity contribution is 5.84. The Balaban J connectivity index is 1.69. The molecule has 2 aliphatic carbocycles. The summed E-state index contributed by atoms with van der Waals surface area (Å²) in [5, 5.41) is 3.59. The Labute approximate surface area is 123 Å². The van der Waals surface area contributed by atoms with Gasteiger partial charge in [-0.15, -0.1) is 0 Å². The number of carbonyl (C=O) groups is 1. The highest BCUT2D eigenvalue weighted by Gasteiger charge is 2.46. The molecule has 114 valence electrons. The summed E-state index contributed by atoms with van der Waals surface area (Å²) in [6, 6.07) is 0.0754. The SMILES string of the molecule is CCCC1NC(C(C)C)N(CC(C2CC2)C2CC2)C1=O. The van der Waals surface area contributed by atoms with Crippen molar-refractivity contribution >= 4 is 5.91 Å². The van der Waals surface area contributed by atoms with Crippen molar-refractivity contribution < 1.29 is 4.79 Å². The van der Waals surface area contributed by atoms with Crippen molar-refractivity contribution in [3.05, 3.63) is 0 Å². The Hall–Kier alpha value is -0.570. The van der Waals surface area contributed by atoms with Gasteiger partial charge in [0.1, 0.15) is 0 Å². The van der Waals surface area contributed by atoms with E-state index in [2.05, 4.69) is 31.0 Å². The molecule has 1 N–H and O–H groups in total. The smallest absolute Gasteiger partial charge is 0.241 e. The molecule has 2 atom stereocenters. The van der Waals surface area contributed by atoms with Crippen molar-refractivity contribution in [3.8, 4) is 0 Å². The minimum absolute atomic E-state index is 0.0754. The number of rotatable bonds is 7. The predicted octanol–water partition coefficient (Wildman–Crippen LogP) is 3.01. The highest BCUT2D eigenvalue weighted by Crippen LogP contribution is 2.49. The number of nitrogens with one attached hydrogen (secondary N) is 1. The molecule has 1 saturated heterocycles. The van der Waals surface area contributed by atoms with Gasteiger partial charge in [0.05, 0.1) is 12.2 Å². The minimum Gasteiger partial charge on any atom is -0.325 e.